The molecule has 0 heterocycles. The van der Waals surface area contributed by atoms with Gasteiger partial charge in [-0.2, -0.15) is 43.9 Å². The Morgan fingerprint density at radius 2 is 1.00 bits per heavy atom. The molecule has 0 aliphatic rings. The zero-order chi connectivity index (χ0) is 15.2. The lowest BCUT2D eigenvalue weighted by atomic mass is 10.0. The van der Waals surface area contributed by atoms with Crippen molar-refractivity contribution in [2.45, 2.75) is 23.9 Å². The summed E-state index contributed by atoms with van der Waals surface area (Å²) in [4.78, 5) is 0. The van der Waals surface area contributed by atoms with Gasteiger partial charge >= 0.3 is 23.9 Å². The van der Waals surface area contributed by atoms with Gasteiger partial charge in [0.05, 0.1) is 0 Å². The molecule has 0 fully saturated rings. The van der Waals surface area contributed by atoms with Crippen molar-refractivity contribution in [2.24, 2.45) is 0 Å². The Hall–Kier alpha value is -0.740. The molecule has 0 nitrogen and oxygen atoms in total. The first-order chi connectivity index (χ1) is 7.60. The molecule has 0 aliphatic carbocycles. The van der Waals surface area contributed by atoms with Crippen LogP contribution in [0.25, 0.3) is 0 Å². The van der Waals surface area contributed by atoms with E-state index in [4.69, 9.17) is 0 Å². The summed E-state index contributed by atoms with van der Waals surface area (Å²) in [6, 6.07) is 0. The first kappa shape index (κ1) is 17.3. The Balaban J connectivity index is 5.88. The van der Waals surface area contributed by atoms with Crippen LogP contribution in [0.4, 0.5) is 48.3 Å². The smallest absolute Gasteiger partial charge is 0.201 e. The van der Waals surface area contributed by atoms with E-state index in [1.165, 1.54) is 0 Å². The van der Waals surface area contributed by atoms with Gasteiger partial charge in [0.25, 0.3) is 0 Å². The van der Waals surface area contributed by atoms with Crippen LogP contribution in [0.15, 0.2) is 11.1 Å². The van der Waals surface area contributed by atoms with Gasteiger partial charge in [-0.15, -0.1) is 0 Å². The maximum Gasteiger partial charge on any atom is 0.460 e. The van der Waals surface area contributed by atoms with E-state index in [1.807, 2.05) is 0 Å². The fraction of sp³-hybridized carbons (Fsp3) is 0.667. The van der Waals surface area contributed by atoms with Gasteiger partial charge in [-0.25, -0.2) is 4.39 Å². The number of hydrogen-bond acceptors (Lipinski definition) is 0. The third kappa shape index (κ3) is 2.36. The van der Waals surface area contributed by atoms with Crippen molar-refractivity contribution in [2.75, 3.05) is 0 Å². The second kappa shape index (κ2) is 4.42. The fourth-order valence-corrected chi connectivity index (χ4v) is 0.750. The van der Waals surface area contributed by atoms with Crippen LogP contribution in [-0.2, 0) is 0 Å². The second-order valence-electron chi connectivity index (χ2n) is 2.80. The monoisotopic (exact) mass is 316 g/mol. The van der Waals surface area contributed by atoms with E-state index in [1.54, 1.807) is 0 Å². The maximum atomic E-state index is 12.4. The van der Waals surface area contributed by atoms with E-state index < -0.39 is 35.1 Å². The number of alkyl halides is 9. The lowest BCUT2D eigenvalue weighted by molar-refractivity contribution is -0.391. The number of halogens is 12. The zero-order valence-electron chi connectivity index (χ0n) is 7.54. The van der Waals surface area contributed by atoms with Gasteiger partial charge in [-0.05, 0) is 11.6 Å². The molecule has 0 saturated carbocycles. The minimum atomic E-state index is -7.30. The Morgan fingerprint density at radius 1 is 0.667 bits per heavy atom. The fourth-order valence-electron chi connectivity index (χ4n) is 0.632. The molecule has 12 heteroatoms. The van der Waals surface area contributed by atoms with Gasteiger partial charge in [-0.1, -0.05) is 0 Å². The van der Waals surface area contributed by atoms with Crippen molar-refractivity contribution in [1.82, 2.24) is 0 Å². The minimum absolute atomic E-state index is 3.17. The highest BCUT2D eigenvalue weighted by molar-refractivity contribution is 6.28. The van der Waals surface area contributed by atoms with Gasteiger partial charge in [0.2, 0.25) is 11.1 Å². The molecule has 0 N–H and O–H groups in total. The molecule has 0 aromatic carbocycles. The number of allylic oxidation sites excluding steroid dienone is 1. The lowest BCUT2D eigenvalue weighted by Gasteiger charge is -2.32. The Morgan fingerprint density at radius 3 is 1.22 bits per heavy atom. The van der Waals surface area contributed by atoms with Crippen molar-refractivity contribution < 1.29 is 48.3 Å². The maximum absolute atomic E-state index is 12.4. The average molecular weight is 316 g/mol. The predicted octanol–water partition coefficient (Wildman–Crippen LogP) is 4.80. The molecule has 0 aromatic heterocycles. The molecule has 0 rings (SSSR count). The van der Waals surface area contributed by atoms with E-state index in [-0.39, 0.29) is 0 Å². The standard InChI is InChI=1S/C6ClF11/c7-2(9)1(8)3(10,11)4(12,13)5(14,15)6(16,17)18/b2-1+. The third-order valence-corrected chi connectivity index (χ3v) is 1.75. The van der Waals surface area contributed by atoms with Crippen LogP contribution >= 0.6 is 11.6 Å². The lowest BCUT2D eigenvalue weighted by Crippen LogP contribution is -2.61. The van der Waals surface area contributed by atoms with Crippen LogP contribution in [0, 0.1) is 0 Å². The second-order valence-corrected chi connectivity index (χ2v) is 3.13. The Labute approximate surface area is 96.0 Å². The van der Waals surface area contributed by atoms with E-state index in [9.17, 15) is 48.3 Å². The summed E-state index contributed by atoms with van der Waals surface area (Å²) >= 11 is 3.88. The van der Waals surface area contributed by atoms with Gasteiger partial charge in [0.15, 0.2) is 0 Å². The molecule has 0 amide bonds. The van der Waals surface area contributed by atoms with E-state index in [2.05, 4.69) is 11.6 Å². The molecular weight excluding hydrogens is 316 g/mol. The van der Waals surface area contributed by atoms with Gasteiger partial charge in [0, 0.05) is 0 Å². The summed E-state index contributed by atoms with van der Waals surface area (Å²) < 4.78 is 132. The molecule has 0 atom stereocenters. The van der Waals surface area contributed by atoms with Crippen LogP contribution in [-0.4, -0.2) is 23.9 Å². The van der Waals surface area contributed by atoms with E-state index in [0.29, 0.717) is 0 Å². The molecule has 18 heavy (non-hydrogen) atoms. The normalized spacial score (nSPS) is 16.7. The molecule has 0 radical (unpaired) electrons. The van der Waals surface area contributed by atoms with E-state index in [0.717, 1.165) is 0 Å². The van der Waals surface area contributed by atoms with Crippen LogP contribution in [0.1, 0.15) is 0 Å². The molecule has 108 valence electrons. The average Bonchev–Trinajstić information content (AvgIpc) is 2.13. The Bertz CT molecular complexity index is 347. The van der Waals surface area contributed by atoms with Crippen LogP contribution in [0.3, 0.4) is 0 Å². The largest absolute Gasteiger partial charge is 0.460 e. The van der Waals surface area contributed by atoms with E-state index >= 15 is 0 Å². The molecule has 0 saturated heterocycles. The van der Waals surface area contributed by atoms with Crippen molar-refractivity contribution >= 4 is 11.6 Å². The highest BCUT2D eigenvalue weighted by atomic mass is 35.5. The van der Waals surface area contributed by atoms with Gasteiger partial charge in [-0.3, -0.25) is 0 Å². The van der Waals surface area contributed by atoms with Gasteiger partial charge in [0.1, 0.15) is 0 Å². The van der Waals surface area contributed by atoms with Crippen molar-refractivity contribution in [3.63, 3.8) is 0 Å². The van der Waals surface area contributed by atoms with Crippen LogP contribution in [0.2, 0.25) is 0 Å². The summed E-state index contributed by atoms with van der Waals surface area (Å²) in [5.41, 5.74) is 0. The quantitative estimate of drug-likeness (QED) is 0.656. The zero-order valence-corrected chi connectivity index (χ0v) is 8.29. The summed E-state index contributed by atoms with van der Waals surface area (Å²) in [5, 5.41) is -3.17. The molecule has 0 spiro atoms. The molecule has 0 bridgehead atoms. The molecule has 0 aromatic rings. The minimum Gasteiger partial charge on any atom is -0.201 e. The van der Waals surface area contributed by atoms with Crippen molar-refractivity contribution in [3.05, 3.63) is 11.1 Å². The van der Waals surface area contributed by atoms with Crippen LogP contribution < -0.4 is 0 Å². The molecule has 0 unspecified atom stereocenters. The number of hydrogen-bond donors (Lipinski definition) is 0. The number of rotatable bonds is 3. The summed E-state index contributed by atoms with van der Waals surface area (Å²) in [5.74, 6) is -25.3. The topological polar surface area (TPSA) is 0 Å². The first-order valence-electron chi connectivity index (χ1n) is 3.52. The highest BCUT2D eigenvalue weighted by Crippen LogP contribution is 2.55. The summed E-state index contributed by atoms with van der Waals surface area (Å²) in [6.45, 7) is 0. The van der Waals surface area contributed by atoms with Crippen LogP contribution in [0.5, 0.6) is 0 Å². The molecule has 0 aliphatic heterocycles. The summed E-state index contributed by atoms with van der Waals surface area (Å²) in [6.07, 6.45) is -7.11. The highest BCUT2D eigenvalue weighted by Gasteiger charge is 2.83. The first-order valence-corrected chi connectivity index (χ1v) is 3.90. The predicted molar refractivity (Wildman–Crippen MR) is 36.0 cm³/mol. The van der Waals surface area contributed by atoms with Crippen molar-refractivity contribution in [3.8, 4) is 0 Å². The summed E-state index contributed by atoms with van der Waals surface area (Å²) in [7, 11) is 0. The Kier molecular flexibility index (Phi) is 4.24. The van der Waals surface area contributed by atoms with Crippen molar-refractivity contribution in [1.29, 1.82) is 0 Å². The third-order valence-electron chi connectivity index (χ3n) is 1.59. The molecular formula is C6ClF11. The van der Waals surface area contributed by atoms with Gasteiger partial charge < -0.3 is 0 Å². The SMILES string of the molecule is F/C(Cl)=C(/F)C(F)(F)C(F)(F)C(F)(F)C(F)(F)F.